The monoisotopic (exact) mass is 579 g/mol. The van der Waals surface area contributed by atoms with Gasteiger partial charge in [0.1, 0.15) is 29.5 Å². The van der Waals surface area contributed by atoms with Crippen LogP contribution in [0.5, 0.6) is 11.5 Å². The smallest absolute Gasteiger partial charge is 0.251 e. The van der Waals surface area contributed by atoms with Gasteiger partial charge in [0.15, 0.2) is 0 Å². The molecule has 10 heteroatoms. The number of anilines is 3. The Morgan fingerprint density at radius 3 is 2.42 bits per heavy atom. The minimum atomic E-state index is -0.101. The first-order valence-corrected chi connectivity index (χ1v) is 14.3. The van der Waals surface area contributed by atoms with Crippen molar-refractivity contribution in [1.82, 2.24) is 25.2 Å². The van der Waals surface area contributed by atoms with Gasteiger partial charge in [-0.15, -0.1) is 0 Å². The zero-order valence-electron chi connectivity index (χ0n) is 25.1. The van der Waals surface area contributed by atoms with Crippen molar-refractivity contribution in [3.8, 4) is 11.5 Å². The number of hydrogen-bond acceptors (Lipinski definition) is 8. The van der Waals surface area contributed by atoms with Crippen LogP contribution in [0, 0.1) is 12.3 Å². The predicted molar refractivity (Wildman–Crippen MR) is 169 cm³/mol. The summed E-state index contributed by atoms with van der Waals surface area (Å²) in [7, 11) is 0. The Labute approximate surface area is 251 Å². The number of ether oxygens (including phenoxy) is 1. The van der Waals surface area contributed by atoms with Gasteiger partial charge >= 0.3 is 0 Å². The van der Waals surface area contributed by atoms with E-state index in [1.54, 1.807) is 35.4 Å². The maximum absolute atomic E-state index is 12.4. The van der Waals surface area contributed by atoms with Crippen LogP contribution in [0.1, 0.15) is 36.7 Å². The molecule has 43 heavy (non-hydrogen) atoms. The number of amides is 2. The molecule has 5 rings (SSSR count). The number of rotatable bonds is 8. The highest BCUT2D eigenvalue weighted by molar-refractivity contribution is 5.94. The van der Waals surface area contributed by atoms with Crippen molar-refractivity contribution >= 4 is 40.0 Å². The molecule has 0 bridgehead atoms. The van der Waals surface area contributed by atoms with E-state index in [2.05, 4.69) is 57.8 Å². The van der Waals surface area contributed by atoms with Crippen molar-refractivity contribution in [2.24, 2.45) is 5.41 Å². The van der Waals surface area contributed by atoms with Crippen molar-refractivity contribution in [1.29, 1.82) is 0 Å². The van der Waals surface area contributed by atoms with Crippen molar-refractivity contribution in [2.45, 2.75) is 27.7 Å². The lowest BCUT2D eigenvalue weighted by Gasteiger charge is -2.35. The lowest BCUT2D eigenvalue weighted by atomic mass is 9.97. The molecule has 2 aromatic carbocycles. The molecular weight excluding hydrogens is 542 g/mol. The first-order valence-electron chi connectivity index (χ1n) is 14.3. The van der Waals surface area contributed by atoms with Crippen molar-refractivity contribution in [3.05, 3.63) is 84.8 Å². The number of aryl methyl sites for hydroxylation is 1. The molecule has 0 unspecified atom stereocenters. The number of nitrogens with one attached hydrogen (secondary N) is 2. The fourth-order valence-electron chi connectivity index (χ4n) is 4.73. The molecule has 0 radical (unpaired) electrons. The number of pyridine rings is 1. The molecule has 10 nitrogen and oxygen atoms in total. The summed E-state index contributed by atoms with van der Waals surface area (Å²) in [6.45, 7) is 15.0. The number of hydrogen-bond donors (Lipinski definition) is 2. The summed E-state index contributed by atoms with van der Waals surface area (Å²) in [5, 5.41) is 7.23. The number of benzene rings is 2. The van der Waals surface area contributed by atoms with Crippen molar-refractivity contribution in [2.75, 3.05) is 42.9 Å². The van der Waals surface area contributed by atoms with Crippen LogP contribution in [-0.2, 0) is 4.79 Å². The molecule has 2 N–H and O–H groups in total. The van der Waals surface area contributed by atoms with E-state index in [-0.39, 0.29) is 17.2 Å². The lowest BCUT2D eigenvalue weighted by molar-refractivity contribution is -0.126. The van der Waals surface area contributed by atoms with Crippen LogP contribution < -0.4 is 20.3 Å². The second-order valence-electron chi connectivity index (χ2n) is 11.8. The summed E-state index contributed by atoms with van der Waals surface area (Å²) in [5.41, 5.74) is 3.13. The summed E-state index contributed by atoms with van der Waals surface area (Å²) in [6.07, 6.45) is 4.62. The van der Waals surface area contributed by atoms with Gasteiger partial charge in [0, 0.05) is 49.4 Å². The second kappa shape index (κ2) is 12.5. The van der Waals surface area contributed by atoms with E-state index in [1.165, 1.54) is 12.4 Å². The standard InChI is InChI=1S/C33H37N7O3/c1-6-30(41)40-15-13-39(14-16-40)29-18-26-27(19-34-29)36-21-37-31(26)38-24-9-12-28(22(2)17-24)43-25-10-7-23(8-11-25)32(42)35-20-33(3,4)5/h6-12,17-19,21H,1,13-16,20H2,2-5H3,(H,35,42)(H,36,37,38). The summed E-state index contributed by atoms with van der Waals surface area (Å²) >= 11 is 0. The first-order chi connectivity index (χ1) is 20.6. The Morgan fingerprint density at radius 1 is 1.00 bits per heavy atom. The van der Waals surface area contributed by atoms with E-state index in [4.69, 9.17) is 4.74 Å². The van der Waals surface area contributed by atoms with Crippen molar-refractivity contribution < 1.29 is 14.3 Å². The zero-order chi connectivity index (χ0) is 30.6. The van der Waals surface area contributed by atoms with Crippen LogP contribution in [0.15, 0.2) is 73.7 Å². The van der Waals surface area contributed by atoms with Crippen LogP contribution in [0.25, 0.3) is 10.9 Å². The predicted octanol–water partition coefficient (Wildman–Crippen LogP) is 5.48. The van der Waals surface area contributed by atoms with Crippen LogP contribution in [-0.4, -0.2) is 64.4 Å². The van der Waals surface area contributed by atoms with Gasteiger partial charge in [0.2, 0.25) is 5.91 Å². The summed E-state index contributed by atoms with van der Waals surface area (Å²) < 4.78 is 6.12. The Kier molecular flexibility index (Phi) is 8.56. The Morgan fingerprint density at radius 2 is 1.74 bits per heavy atom. The molecule has 222 valence electrons. The SMILES string of the molecule is C=CC(=O)N1CCN(c2cc3c(Nc4ccc(Oc5ccc(C(=O)NCC(C)(C)C)cc5)c(C)c4)ncnc3cn2)CC1. The quantitative estimate of drug-likeness (QED) is 0.264. The van der Waals surface area contributed by atoms with E-state index in [0.29, 0.717) is 55.6 Å². The fourth-order valence-corrected chi connectivity index (χ4v) is 4.73. The van der Waals surface area contributed by atoms with E-state index in [9.17, 15) is 9.59 Å². The third kappa shape index (κ3) is 7.27. The first kappa shape index (κ1) is 29.5. The molecule has 0 saturated carbocycles. The number of carbonyl (C=O) groups excluding carboxylic acids is 2. The summed E-state index contributed by atoms with van der Waals surface area (Å²) in [4.78, 5) is 41.8. The fraction of sp³-hybridized carbons (Fsp3) is 0.303. The maximum atomic E-state index is 12.4. The number of piperazine rings is 1. The third-order valence-corrected chi connectivity index (χ3v) is 7.16. The molecule has 1 saturated heterocycles. The summed E-state index contributed by atoms with van der Waals surface area (Å²) in [6, 6.07) is 15.0. The zero-order valence-corrected chi connectivity index (χ0v) is 25.1. The highest BCUT2D eigenvalue weighted by Gasteiger charge is 2.21. The molecule has 2 amide bonds. The minimum Gasteiger partial charge on any atom is -0.457 e. The maximum Gasteiger partial charge on any atom is 0.251 e. The van der Waals surface area contributed by atoms with Gasteiger partial charge in [-0.2, -0.15) is 0 Å². The third-order valence-electron chi connectivity index (χ3n) is 7.16. The normalized spacial score (nSPS) is 13.5. The van der Waals surface area contributed by atoms with Gasteiger partial charge in [-0.05, 0) is 72.5 Å². The molecular formula is C33H37N7O3. The van der Waals surface area contributed by atoms with E-state index >= 15 is 0 Å². The molecule has 3 heterocycles. The molecule has 1 aliphatic rings. The number of aromatic nitrogens is 3. The van der Waals surface area contributed by atoms with Gasteiger partial charge in [-0.3, -0.25) is 9.59 Å². The molecule has 0 aliphatic carbocycles. The topological polar surface area (TPSA) is 113 Å². The second-order valence-corrected chi connectivity index (χ2v) is 11.8. The minimum absolute atomic E-state index is 0.0169. The number of carbonyl (C=O) groups is 2. The average molecular weight is 580 g/mol. The van der Waals surface area contributed by atoms with Crippen LogP contribution in [0.2, 0.25) is 0 Å². The van der Waals surface area contributed by atoms with E-state index in [0.717, 1.165) is 28.0 Å². The van der Waals surface area contributed by atoms with Crippen LogP contribution >= 0.6 is 0 Å². The largest absolute Gasteiger partial charge is 0.457 e. The van der Waals surface area contributed by atoms with Gasteiger partial charge in [0.05, 0.1) is 11.7 Å². The van der Waals surface area contributed by atoms with Crippen LogP contribution in [0.4, 0.5) is 17.3 Å². The number of nitrogens with zero attached hydrogens (tertiary/aromatic N) is 5. The van der Waals surface area contributed by atoms with Crippen molar-refractivity contribution in [3.63, 3.8) is 0 Å². The van der Waals surface area contributed by atoms with Gasteiger partial charge in [0.25, 0.3) is 5.91 Å². The van der Waals surface area contributed by atoms with Gasteiger partial charge in [-0.25, -0.2) is 15.0 Å². The van der Waals surface area contributed by atoms with Gasteiger partial charge < -0.3 is 25.2 Å². The molecule has 0 atom stereocenters. The summed E-state index contributed by atoms with van der Waals surface area (Å²) in [5.74, 6) is 2.69. The highest BCUT2D eigenvalue weighted by Crippen LogP contribution is 2.31. The molecule has 1 fully saturated rings. The van der Waals surface area contributed by atoms with E-state index < -0.39 is 0 Å². The van der Waals surface area contributed by atoms with Crippen LogP contribution in [0.3, 0.4) is 0 Å². The Bertz CT molecular complexity index is 1640. The number of fused-ring (bicyclic) bond motifs is 1. The molecule has 1 aliphatic heterocycles. The molecule has 2 aromatic heterocycles. The lowest BCUT2D eigenvalue weighted by Crippen LogP contribution is -2.48. The van der Waals surface area contributed by atoms with Gasteiger partial charge in [-0.1, -0.05) is 27.4 Å². The van der Waals surface area contributed by atoms with E-state index in [1.807, 2.05) is 31.2 Å². The molecule has 4 aromatic rings. The molecule has 0 spiro atoms. The highest BCUT2D eigenvalue weighted by atomic mass is 16.5. The Balaban J connectivity index is 1.26. The Hall–Kier alpha value is -4.99. The average Bonchev–Trinajstić information content (AvgIpc) is 3.01.